The van der Waals surface area contributed by atoms with E-state index in [-0.39, 0.29) is 11.3 Å². The predicted octanol–water partition coefficient (Wildman–Crippen LogP) is 2.83. The summed E-state index contributed by atoms with van der Waals surface area (Å²) in [6.45, 7) is 3.95. The molecule has 0 amide bonds. The fourth-order valence-electron chi connectivity index (χ4n) is 2.45. The Morgan fingerprint density at radius 3 is 2.33 bits per heavy atom. The van der Waals surface area contributed by atoms with Crippen LogP contribution < -0.4 is 5.32 Å². The summed E-state index contributed by atoms with van der Waals surface area (Å²) in [5.74, 6) is 0.270. The molecular weight excluding hydrogens is 186 g/mol. The molecule has 86 valence electrons. The van der Waals surface area contributed by atoms with Gasteiger partial charge in [-0.2, -0.15) is 0 Å². The molecule has 1 rings (SSSR count). The molecule has 15 heavy (non-hydrogen) atoms. The Labute approximate surface area is 93.1 Å². The van der Waals surface area contributed by atoms with Gasteiger partial charge in [-0.25, -0.2) is 0 Å². The zero-order chi connectivity index (χ0) is 11.3. The first-order valence-corrected chi connectivity index (χ1v) is 5.95. The molecule has 2 heteroatoms. The van der Waals surface area contributed by atoms with Gasteiger partial charge in [-0.05, 0) is 39.8 Å². The van der Waals surface area contributed by atoms with Crippen molar-refractivity contribution >= 4 is 5.78 Å². The molecule has 1 aliphatic rings. The molecule has 0 aromatic carbocycles. The Morgan fingerprint density at radius 2 is 1.87 bits per heavy atom. The fraction of sp³-hybridized carbons (Fsp3) is 0.769. The maximum Gasteiger partial charge on any atom is 0.157 e. The number of hydrogen-bond donors (Lipinski definition) is 1. The second-order valence-corrected chi connectivity index (χ2v) is 4.96. The van der Waals surface area contributed by atoms with Gasteiger partial charge >= 0.3 is 0 Å². The van der Waals surface area contributed by atoms with E-state index >= 15 is 0 Å². The average molecular weight is 209 g/mol. The molecule has 0 radical (unpaired) electrons. The summed E-state index contributed by atoms with van der Waals surface area (Å²) in [4.78, 5) is 11.8. The van der Waals surface area contributed by atoms with Crippen LogP contribution in [0.1, 0.15) is 52.4 Å². The van der Waals surface area contributed by atoms with Crippen LogP contribution in [0.5, 0.6) is 0 Å². The summed E-state index contributed by atoms with van der Waals surface area (Å²) in [5.41, 5.74) is 1.18. The molecule has 0 unspecified atom stereocenters. The number of carbonyl (C=O) groups is 1. The zero-order valence-electron chi connectivity index (χ0n) is 10.2. The van der Waals surface area contributed by atoms with Crippen LogP contribution >= 0.6 is 0 Å². The minimum atomic E-state index is 0.0846. The molecule has 0 aliphatic heterocycles. The van der Waals surface area contributed by atoms with Gasteiger partial charge in [0, 0.05) is 12.0 Å². The lowest BCUT2D eigenvalue weighted by Crippen LogP contribution is -2.46. The van der Waals surface area contributed by atoms with Crippen LogP contribution in [0.15, 0.2) is 11.6 Å². The van der Waals surface area contributed by atoms with E-state index in [0.717, 1.165) is 18.4 Å². The highest BCUT2D eigenvalue weighted by molar-refractivity contribution is 5.91. The number of allylic oxidation sites excluding steroid dienone is 2. The number of rotatable bonds is 4. The number of nitrogens with one attached hydrogen (secondary N) is 1. The van der Waals surface area contributed by atoms with Gasteiger partial charge in [0.05, 0.1) is 0 Å². The van der Waals surface area contributed by atoms with E-state index in [4.69, 9.17) is 0 Å². The van der Waals surface area contributed by atoms with Crippen molar-refractivity contribution in [2.75, 3.05) is 7.05 Å². The topological polar surface area (TPSA) is 29.1 Å². The molecule has 0 spiro atoms. The maximum absolute atomic E-state index is 11.8. The van der Waals surface area contributed by atoms with Crippen molar-refractivity contribution in [1.82, 2.24) is 5.32 Å². The van der Waals surface area contributed by atoms with Crippen molar-refractivity contribution in [2.45, 2.75) is 57.9 Å². The lowest BCUT2D eigenvalue weighted by atomic mass is 9.78. The van der Waals surface area contributed by atoms with E-state index in [9.17, 15) is 4.79 Å². The van der Waals surface area contributed by atoms with Crippen molar-refractivity contribution in [1.29, 1.82) is 0 Å². The Balaban J connectivity index is 2.59. The number of carbonyl (C=O) groups excluding carboxylic acids is 1. The minimum absolute atomic E-state index is 0.0846. The van der Waals surface area contributed by atoms with Gasteiger partial charge in [-0.15, -0.1) is 0 Å². The van der Waals surface area contributed by atoms with Crippen molar-refractivity contribution in [2.24, 2.45) is 0 Å². The van der Waals surface area contributed by atoms with E-state index in [1.165, 1.54) is 19.3 Å². The molecule has 1 saturated carbocycles. The van der Waals surface area contributed by atoms with E-state index in [2.05, 4.69) is 5.32 Å². The summed E-state index contributed by atoms with van der Waals surface area (Å²) in [5, 5.41) is 3.37. The predicted molar refractivity (Wildman–Crippen MR) is 63.9 cm³/mol. The van der Waals surface area contributed by atoms with E-state index in [0.29, 0.717) is 6.42 Å². The Kier molecular flexibility index (Phi) is 4.52. The van der Waals surface area contributed by atoms with Crippen molar-refractivity contribution in [3.05, 3.63) is 11.6 Å². The van der Waals surface area contributed by atoms with E-state index < -0.39 is 0 Å². The van der Waals surface area contributed by atoms with Crippen LogP contribution in [-0.2, 0) is 4.79 Å². The molecule has 1 aliphatic carbocycles. The monoisotopic (exact) mass is 209 g/mol. The van der Waals surface area contributed by atoms with Crippen molar-refractivity contribution in [3.63, 3.8) is 0 Å². The zero-order valence-corrected chi connectivity index (χ0v) is 10.2. The second kappa shape index (κ2) is 5.45. The lowest BCUT2D eigenvalue weighted by Gasteiger charge is -2.36. The molecule has 2 nitrogen and oxygen atoms in total. The molecule has 0 aromatic heterocycles. The van der Waals surface area contributed by atoms with Crippen molar-refractivity contribution in [3.8, 4) is 0 Å². The first-order chi connectivity index (χ1) is 7.08. The SMILES string of the molecule is CNC1(CC(=O)C=C(C)C)CCCCC1. The lowest BCUT2D eigenvalue weighted by molar-refractivity contribution is -0.116. The summed E-state index contributed by atoms with van der Waals surface area (Å²) < 4.78 is 0. The highest BCUT2D eigenvalue weighted by Gasteiger charge is 2.31. The van der Waals surface area contributed by atoms with Gasteiger partial charge in [0.1, 0.15) is 0 Å². The van der Waals surface area contributed by atoms with Gasteiger partial charge in [0.15, 0.2) is 5.78 Å². The van der Waals surface area contributed by atoms with Gasteiger partial charge in [0.25, 0.3) is 0 Å². The third-order valence-corrected chi connectivity index (χ3v) is 3.30. The molecule has 0 saturated heterocycles. The highest BCUT2D eigenvalue weighted by atomic mass is 16.1. The summed E-state index contributed by atoms with van der Waals surface area (Å²) in [7, 11) is 1.99. The highest BCUT2D eigenvalue weighted by Crippen LogP contribution is 2.31. The molecule has 1 fully saturated rings. The number of hydrogen-bond acceptors (Lipinski definition) is 2. The minimum Gasteiger partial charge on any atom is -0.314 e. The van der Waals surface area contributed by atoms with Crippen LogP contribution in [0.25, 0.3) is 0 Å². The van der Waals surface area contributed by atoms with Gasteiger partial charge < -0.3 is 5.32 Å². The molecule has 1 N–H and O–H groups in total. The quantitative estimate of drug-likeness (QED) is 0.721. The Hall–Kier alpha value is -0.630. The molecule has 0 bridgehead atoms. The van der Waals surface area contributed by atoms with Gasteiger partial charge in [-0.1, -0.05) is 24.8 Å². The largest absolute Gasteiger partial charge is 0.314 e. The van der Waals surface area contributed by atoms with Crippen LogP contribution in [0.4, 0.5) is 0 Å². The first kappa shape index (κ1) is 12.4. The normalized spacial score (nSPS) is 19.7. The molecule has 0 atom stereocenters. The molecule has 0 heterocycles. The Bertz CT molecular complexity index is 245. The first-order valence-electron chi connectivity index (χ1n) is 5.95. The molecule has 0 aromatic rings. The van der Waals surface area contributed by atoms with Crippen LogP contribution in [-0.4, -0.2) is 18.4 Å². The van der Waals surface area contributed by atoms with Crippen LogP contribution in [0, 0.1) is 0 Å². The van der Waals surface area contributed by atoms with E-state index in [1.54, 1.807) is 6.08 Å². The molecular formula is C13H23NO. The maximum atomic E-state index is 11.8. The summed E-state index contributed by atoms with van der Waals surface area (Å²) in [6, 6.07) is 0. The van der Waals surface area contributed by atoms with Gasteiger partial charge in [-0.3, -0.25) is 4.79 Å². The van der Waals surface area contributed by atoms with Crippen LogP contribution in [0.2, 0.25) is 0 Å². The third kappa shape index (κ3) is 3.78. The fourth-order valence-corrected chi connectivity index (χ4v) is 2.45. The van der Waals surface area contributed by atoms with E-state index in [1.807, 2.05) is 20.9 Å². The standard InChI is InChI=1S/C13H23NO/c1-11(2)9-12(15)10-13(14-3)7-5-4-6-8-13/h9,14H,4-8,10H2,1-3H3. The Morgan fingerprint density at radius 1 is 1.27 bits per heavy atom. The third-order valence-electron chi connectivity index (χ3n) is 3.30. The van der Waals surface area contributed by atoms with Crippen LogP contribution in [0.3, 0.4) is 0 Å². The summed E-state index contributed by atoms with van der Waals surface area (Å²) >= 11 is 0. The van der Waals surface area contributed by atoms with Crippen molar-refractivity contribution < 1.29 is 4.79 Å². The average Bonchev–Trinajstić information content (AvgIpc) is 2.17. The van der Waals surface area contributed by atoms with Gasteiger partial charge in [0.2, 0.25) is 0 Å². The second-order valence-electron chi connectivity index (χ2n) is 4.96. The number of ketones is 1. The smallest absolute Gasteiger partial charge is 0.157 e. The summed E-state index contributed by atoms with van der Waals surface area (Å²) in [6.07, 6.45) is 8.55.